The Morgan fingerprint density at radius 3 is 2.89 bits per heavy atom. The zero-order valence-electron chi connectivity index (χ0n) is 10.7. The van der Waals surface area contributed by atoms with E-state index in [1.807, 2.05) is 11.8 Å². The first-order chi connectivity index (χ1) is 8.49. The van der Waals surface area contributed by atoms with Crippen LogP contribution < -0.4 is 0 Å². The average Bonchev–Trinajstić information content (AvgIpc) is 2.65. The third-order valence-electron chi connectivity index (χ3n) is 3.67. The van der Waals surface area contributed by atoms with Crippen molar-refractivity contribution in [3.05, 3.63) is 35.1 Å². The molecular weight excluding hydrogens is 233 g/mol. The molecule has 18 heavy (non-hydrogen) atoms. The van der Waals surface area contributed by atoms with Crippen LogP contribution in [0, 0.1) is 18.7 Å². The van der Waals surface area contributed by atoms with Crippen molar-refractivity contribution in [1.82, 2.24) is 4.90 Å². The van der Waals surface area contributed by atoms with Crippen molar-refractivity contribution in [2.45, 2.75) is 32.9 Å². The molecule has 0 saturated carbocycles. The first-order valence-corrected chi connectivity index (χ1v) is 6.21. The van der Waals surface area contributed by atoms with Gasteiger partial charge in [0, 0.05) is 6.54 Å². The number of carboxylic acids is 1. The second kappa shape index (κ2) is 5.06. The number of carboxylic acid groups (broad SMARTS) is 1. The third kappa shape index (κ3) is 2.53. The van der Waals surface area contributed by atoms with Crippen LogP contribution >= 0.6 is 0 Å². The number of hydrogen-bond donors (Lipinski definition) is 1. The van der Waals surface area contributed by atoms with E-state index in [2.05, 4.69) is 0 Å². The Kier molecular flexibility index (Phi) is 3.66. The molecule has 0 spiro atoms. The molecule has 0 aromatic heterocycles. The van der Waals surface area contributed by atoms with Crippen LogP contribution in [-0.4, -0.2) is 28.6 Å². The molecule has 2 rings (SSSR count). The van der Waals surface area contributed by atoms with E-state index in [9.17, 15) is 14.3 Å². The van der Waals surface area contributed by atoms with E-state index in [1.165, 1.54) is 6.07 Å². The fourth-order valence-electron chi connectivity index (χ4n) is 2.64. The van der Waals surface area contributed by atoms with Crippen molar-refractivity contribution in [2.24, 2.45) is 5.92 Å². The Morgan fingerprint density at radius 2 is 2.28 bits per heavy atom. The largest absolute Gasteiger partial charge is 0.480 e. The van der Waals surface area contributed by atoms with E-state index in [4.69, 9.17) is 0 Å². The van der Waals surface area contributed by atoms with Crippen molar-refractivity contribution in [1.29, 1.82) is 0 Å². The molecule has 3 nitrogen and oxygen atoms in total. The van der Waals surface area contributed by atoms with Gasteiger partial charge >= 0.3 is 5.97 Å². The topological polar surface area (TPSA) is 40.5 Å². The highest BCUT2D eigenvalue weighted by Crippen LogP contribution is 2.26. The lowest BCUT2D eigenvalue weighted by atomic mass is 10.0. The SMILES string of the molecule is Cc1cc(CN2CCC(C)C2C(=O)O)ccc1F. The number of nitrogens with zero attached hydrogens (tertiary/aromatic N) is 1. The number of likely N-dealkylation sites (tertiary alicyclic amines) is 1. The molecule has 2 atom stereocenters. The van der Waals surface area contributed by atoms with Crippen LogP contribution in [0.4, 0.5) is 4.39 Å². The van der Waals surface area contributed by atoms with Gasteiger partial charge in [0.15, 0.2) is 0 Å². The number of benzene rings is 1. The van der Waals surface area contributed by atoms with Gasteiger partial charge in [0.1, 0.15) is 11.9 Å². The minimum absolute atomic E-state index is 0.170. The van der Waals surface area contributed by atoms with Gasteiger partial charge in [-0.1, -0.05) is 19.1 Å². The minimum atomic E-state index is -0.765. The van der Waals surface area contributed by atoms with Gasteiger partial charge < -0.3 is 5.11 Å². The standard InChI is InChI=1S/C14H18FNO2/c1-9-5-6-16(13(9)14(17)18)8-11-3-4-12(15)10(2)7-11/h3-4,7,9,13H,5-6,8H2,1-2H3,(H,17,18). The summed E-state index contributed by atoms with van der Waals surface area (Å²) in [6.07, 6.45) is 0.900. The number of rotatable bonds is 3. The fourth-order valence-corrected chi connectivity index (χ4v) is 2.64. The molecule has 4 heteroatoms. The van der Waals surface area contributed by atoms with E-state index in [0.29, 0.717) is 12.1 Å². The monoisotopic (exact) mass is 251 g/mol. The Bertz CT molecular complexity index is 461. The van der Waals surface area contributed by atoms with E-state index in [1.54, 1.807) is 19.1 Å². The maximum Gasteiger partial charge on any atom is 0.321 e. The van der Waals surface area contributed by atoms with E-state index in [-0.39, 0.29) is 11.7 Å². The molecule has 0 aliphatic carbocycles. The van der Waals surface area contributed by atoms with Crippen molar-refractivity contribution in [3.63, 3.8) is 0 Å². The van der Waals surface area contributed by atoms with Gasteiger partial charge in [0.25, 0.3) is 0 Å². The predicted octanol–water partition coefficient (Wildman–Crippen LogP) is 2.43. The predicted molar refractivity (Wildman–Crippen MR) is 66.8 cm³/mol. The summed E-state index contributed by atoms with van der Waals surface area (Å²) in [6.45, 7) is 5.05. The quantitative estimate of drug-likeness (QED) is 0.897. The van der Waals surface area contributed by atoms with Crippen LogP contribution in [0.25, 0.3) is 0 Å². The molecule has 1 aromatic rings. The lowest BCUT2D eigenvalue weighted by Crippen LogP contribution is -2.38. The lowest BCUT2D eigenvalue weighted by Gasteiger charge is -2.23. The Hall–Kier alpha value is -1.42. The second-order valence-electron chi connectivity index (χ2n) is 5.10. The second-order valence-corrected chi connectivity index (χ2v) is 5.10. The summed E-state index contributed by atoms with van der Waals surface area (Å²) in [6, 6.07) is 4.54. The van der Waals surface area contributed by atoms with Crippen LogP contribution in [0.1, 0.15) is 24.5 Å². The van der Waals surface area contributed by atoms with Crippen molar-refractivity contribution in [2.75, 3.05) is 6.54 Å². The molecule has 1 aromatic carbocycles. The molecule has 1 aliphatic heterocycles. The summed E-state index contributed by atoms with van der Waals surface area (Å²) >= 11 is 0. The zero-order chi connectivity index (χ0) is 13.3. The molecule has 0 radical (unpaired) electrons. The Morgan fingerprint density at radius 1 is 1.56 bits per heavy atom. The zero-order valence-corrected chi connectivity index (χ0v) is 10.7. The molecule has 1 aliphatic rings. The maximum absolute atomic E-state index is 13.2. The fraction of sp³-hybridized carbons (Fsp3) is 0.500. The average molecular weight is 251 g/mol. The van der Waals surface area contributed by atoms with Gasteiger partial charge in [-0.3, -0.25) is 9.69 Å². The molecule has 0 amide bonds. The molecule has 1 saturated heterocycles. The molecule has 2 unspecified atom stereocenters. The van der Waals surface area contributed by atoms with E-state index in [0.717, 1.165) is 18.5 Å². The van der Waals surface area contributed by atoms with Crippen molar-refractivity contribution in [3.8, 4) is 0 Å². The summed E-state index contributed by atoms with van der Waals surface area (Å²) in [5.41, 5.74) is 1.57. The van der Waals surface area contributed by atoms with Crippen molar-refractivity contribution < 1.29 is 14.3 Å². The van der Waals surface area contributed by atoms with Crippen LogP contribution in [0.5, 0.6) is 0 Å². The van der Waals surface area contributed by atoms with E-state index < -0.39 is 12.0 Å². The van der Waals surface area contributed by atoms with Gasteiger partial charge in [-0.05, 0) is 43.0 Å². The van der Waals surface area contributed by atoms with Gasteiger partial charge in [-0.2, -0.15) is 0 Å². The van der Waals surface area contributed by atoms with Crippen LogP contribution in [0.15, 0.2) is 18.2 Å². The first kappa shape index (κ1) is 13.0. The van der Waals surface area contributed by atoms with Crippen LogP contribution in [0.3, 0.4) is 0 Å². The van der Waals surface area contributed by atoms with Gasteiger partial charge in [0.2, 0.25) is 0 Å². The third-order valence-corrected chi connectivity index (χ3v) is 3.67. The molecular formula is C14H18FNO2. The Balaban J connectivity index is 2.13. The van der Waals surface area contributed by atoms with Crippen LogP contribution in [0.2, 0.25) is 0 Å². The number of aliphatic carboxylic acids is 1. The first-order valence-electron chi connectivity index (χ1n) is 6.21. The highest BCUT2D eigenvalue weighted by Gasteiger charge is 2.36. The molecule has 1 fully saturated rings. The normalized spacial score (nSPS) is 24.4. The number of carbonyl (C=O) groups is 1. The van der Waals surface area contributed by atoms with E-state index >= 15 is 0 Å². The summed E-state index contributed by atoms with van der Waals surface area (Å²) in [5, 5.41) is 9.23. The Labute approximate surface area is 106 Å². The molecule has 98 valence electrons. The molecule has 1 heterocycles. The van der Waals surface area contributed by atoms with Gasteiger partial charge in [-0.25, -0.2) is 4.39 Å². The minimum Gasteiger partial charge on any atom is -0.480 e. The van der Waals surface area contributed by atoms with Crippen molar-refractivity contribution >= 4 is 5.97 Å². The summed E-state index contributed by atoms with van der Waals surface area (Å²) in [5.74, 6) is -0.814. The molecule has 0 bridgehead atoms. The van der Waals surface area contributed by atoms with Crippen LogP contribution in [-0.2, 0) is 11.3 Å². The lowest BCUT2D eigenvalue weighted by molar-refractivity contribution is -0.143. The summed E-state index contributed by atoms with van der Waals surface area (Å²) < 4.78 is 13.2. The van der Waals surface area contributed by atoms with Gasteiger partial charge in [0.05, 0.1) is 0 Å². The summed E-state index contributed by atoms with van der Waals surface area (Å²) in [7, 11) is 0. The highest BCUT2D eigenvalue weighted by molar-refractivity contribution is 5.74. The highest BCUT2D eigenvalue weighted by atomic mass is 19.1. The number of aryl methyl sites for hydroxylation is 1. The number of halogens is 1. The maximum atomic E-state index is 13.2. The van der Waals surface area contributed by atoms with Gasteiger partial charge in [-0.15, -0.1) is 0 Å². The summed E-state index contributed by atoms with van der Waals surface area (Å²) in [4.78, 5) is 13.2. The number of hydrogen-bond acceptors (Lipinski definition) is 2. The smallest absolute Gasteiger partial charge is 0.321 e. The molecule has 1 N–H and O–H groups in total.